The lowest BCUT2D eigenvalue weighted by Gasteiger charge is -2.39. The summed E-state index contributed by atoms with van der Waals surface area (Å²) in [4.78, 5) is 17.5. The third-order valence-electron chi connectivity index (χ3n) is 8.09. The minimum Gasteiger partial charge on any atom is -0.363 e. The molecule has 2 aliphatic rings. The van der Waals surface area contributed by atoms with Crippen LogP contribution in [0.3, 0.4) is 0 Å². The Morgan fingerprint density at radius 2 is 1.46 bits per heavy atom. The number of aryl methyl sites for hydroxylation is 1. The maximum atomic E-state index is 14.1. The van der Waals surface area contributed by atoms with E-state index in [0.29, 0.717) is 26.2 Å². The first-order valence-electron chi connectivity index (χ1n) is 13.9. The molecule has 0 aliphatic carbocycles. The Balaban J connectivity index is 1.20. The van der Waals surface area contributed by atoms with Gasteiger partial charge in [0.2, 0.25) is 0 Å². The van der Waals surface area contributed by atoms with Crippen molar-refractivity contribution >= 4 is 11.7 Å². The van der Waals surface area contributed by atoms with Gasteiger partial charge in [-0.1, -0.05) is 90.5 Å². The van der Waals surface area contributed by atoms with E-state index in [4.69, 9.17) is 0 Å². The highest BCUT2D eigenvalue weighted by Gasteiger charge is 2.47. The summed E-state index contributed by atoms with van der Waals surface area (Å²) in [7, 11) is 0. The second kappa shape index (κ2) is 11.0. The standard InChI is InChI=1S/C32H32F3N5O/c1-22-12-14-23(15-13-22)26-20-28(32(33,34)35)40-29(36-26)21-27(37-40)31(41)39-18-16-38(17-19-39)30(24-8-4-2-5-9-24)25-10-6-3-7-11-25/h2-15,21,26,28,30,36H,16-20H2,1H3/t26-,28-/m0/s1. The summed E-state index contributed by atoms with van der Waals surface area (Å²) in [6, 6.07) is 27.1. The van der Waals surface area contributed by atoms with Crippen LogP contribution < -0.4 is 5.32 Å². The Labute approximate surface area is 237 Å². The molecule has 0 saturated carbocycles. The summed E-state index contributed by atoms with van der Waals surface area (Å²) < 4.78 is 43.4. The topological polar surface area (TPSA) is 53.4 Å². The molecule has 212 valence electrons. The number of nitrogens with zero attached hydrogens (tertiary/aromatic N) is 4. The van der Waals surface area contributed by atoms with Crippen molar-refractivity contribution in [3.05, 3.63) is 119 Å². The molecule has 6 nitrogen and oxygen atoms in total. The van der Waals surface area contributed by atoms with Crippen LogP contribution in [0, 0.1) is 6.92 Å². The van der Waals surface area contributed by atoms with Crippen molar-refractivity contribution in [2.75, 3.05) is 31.5 Å². The molecule has 0 radical (unpaired) electrons. The second-order valence-corrected chi connectivity index (χ2v) is 10.8. The van der Waals surface area contributed by atoms with Crippen LogP contribution in [-0.2, 0) is 0 Å². The average molecular weight is 560 g/mol. The number of nitrogens with one attached hydrogen (secondary N) is 1. The number of piperazine rings is 1. The minimum atomic E-state index is -4.50. The SMILES string of the molecule is Cc1ccc([C@@H]2C[C@@H](C(F)(F)F)n3nc(C(=O)N4CCN(C(c5ccccc5)c5ccccc5)CC4)cc3N2)cc1. The van der Waals surface area contributed by atoms with Crippen LogP contribution in [-0.4, -0.2) is 57.8 Å². The molecule has 4 aromatic rings. The number of benzene rings is 3. The highest BCUT2D eigenvalue weighted by molar-refractivity contribution is 5.93. The monoisotopic (exact) mass is 559 g/mol. The first-order chi connectivity index (χ1) is 19.8. The fourth-order valence-electron chi connectivity index (χ4n) is 5.93. The largest absolute Gasteiger partial charge is 0.410 e. The molecule has 3 heterocycles. The zero-order valence-electron chi connectivity index (χ0n) is 22.8. The van der Waals surface area contributed by atoms with Gasteiger partial charge in [-0.25, -0.2) is 4.68 Å². The average Bonchev–Trinajstić information content (AvgIpc) is 3.42. The van der Waals surface area contributed by atoms with Crippen molar-refractivity contribution in [3.63, 3.8) is 0 Å². The predicted molar refractivity (Wildman–Crippen MR) is 152 cm³/mol. The van der Waals surface area contributed by atoms with Crippen LogP contribution in [0.25, 0.3) is 0 Å². The van der Waals surface area contributed by atoms with E-state index in [9.17, 15) is 18.0 Å². The molecular formula is C32H32F3N5O. The molecule has 1 fully saturated rings. The maximum Gasteiger partial charge on any atom is 0.410 e. The summed E-state index contributed by atoms with van der Waals surface area (Å²) >= 11 is 0. The predicted octanol–water partition coefficient (Wildman–Crippen LogP) is 6.40. The summed E-state index contributed by atoms with van der Waals surface area (Å²) in [5, 5.41) is 7.39. The third-order valence-corrected chi connectivity index (χ3v) is 8.09. The molecule has 1 amide bonds. The van der Waals surface area contributed by atoms with Gasteiger partial charge in [0, 0.05) is 38.7 Å². The Kier molecular flexibility index (Phi) is 7.30. The van der Waals surface area contributed by atoms with Crippen LogP contribution in [0.5, 0.6) is 0 Å². The van der Waals surface area contributed by atoms with E-state index in [2.05, 4.69) is 39.6 Å². The molecule has 9 heteroatoms. The first kappa shape index (κ1) is 27.1. The van der Waals surface area contributed by atoms with Crippen molar-refractivity contribution in [1.29, 1.82) is 0 Å². The number of alkyl halides is 3. The van der Waals surface area contributed by atoms with Crippen molar-refractivity contribution < 1.29 is 18.0 Å². The van der Waals surface area contributed by atoms with E-state index in [0.717, 1.165) is 15.8 Å². The van der Waals surface area contributed by atoms with Gasteiger partial charge < -0.3 is 10.2 Å². The third kappa shape index (κ3) is 5.59. The summed E-state index contributed by atoms with van der Waals surface area (Å²) in [5.74, 6) is -0.142. The molecule has 2 aliphatic heterocycles. The molecule has 41 heavy (non-hydrogen) atoms. The van der Waals surface area contributed by atoms with Crippen molar-refractivity contribution in [2.24, 2.45) is 0 Å². The molecule has 0 bridgehead atoms. The van der Waals surface area contributed by atoms with Crippen LogP contribution in [0.15, 0.2) is 91.0 Å². The van der Waals surface area contributed by atoms with E-state index in [1.165, 1.54) is 17.2 Å². The van der Waals surface area contributed by atoms with E-state index in [1.807, 2.05) is 67.6 Å². The Bertz CT molecular complexity index is 1440. The molecule has 3 aromatic carbocycles. The molecule has 1 N–H and O–H groups in total. The Morgan fingerprint density at radius 1 is 0.878 bits per heavy atom. The molecular weight excluding hydrogens is 527 g/mol. The van der Waals surface area contributed by atoms with E-state index < -0.39 is 18.3 Å². The van der Waals surface area contributed by atoms with Gasteiger partial charge in [0.25, 0.3) is 5.91 Å². The normalized spacial score (nSPS) is 19.6. The quantitative estimate of drug-likeness (QED) is 0.308. The molecule has 6 rings (SSSR count). The molecule has 1 saturated heterocycles. The summed E-state index contributed by atoms with van der Waals surface area (Å²) in [6.07, 6.45) is -4.70. The van der Waals surface area contributed by atoms with Crippen molar-refractivity contribution in [1.82, 2.24) is 19.6 Å². The number of carbonyl (C=O) groups excluding carboxylic acids is 1. The van der Waals surface area contributed by atoms with Gasteiger partial charge in [-0.15, -0.1) is 0 Å². The Hall–Kier alpha value is -4.11. The summed E-state index contributed by atoms with van der Waals surface area (Å²) in [5.41, 5.74) is 4.18. The number of aromatic nitrogens is 2. The van der Waals surface area contributed by atoms with Gasteiger partial charge >= 0.3 is 6.18 Å². The van der Waals surface area contributed by atoms with Crippen LogP contribution >= 0.6 is 0 Å². The number of hydrogen-bond acceptors (Lipinski definition) is 4. The van der Waals surface area contributed by atoms with Crippen LogP contribution in [0.2, 0.25) is 0 Å². The van der Waals surface area contributed by atoms with Gasteiger partial charge in [-0.2, -0.15) is 18.3 Å². The van der Waals surface area contributed by atoms with E-state index in [1.54, 1.807) is 4.90 Å². The van der Waals surface area contributed by atoms with Gasteiger partial charge in [-0.05, 0) is 23.6 Å². The fraction of sp³-hybridized carbons (Fsp3) is 0.312. The lowest BCUT2D eigenvalue weighted by Crippen LogP contribution is -2.50. The zero-order valence-corrected chi connectivity index (χ0v) is 22.8. The lowest BCUT2D eigenvalue weighted by molar-refractivity contribution is -0.173. The lowest BCUT2D eigenvalue weighted by atomic mass is 9.96. The molecule has 1 aromatic heterocycles. The molecule has 0 unspecified atom stereocenters. The van der Waals surface area contributed by atoms with E-state index >= 15 is 0 Å². The number of carbonyl (C=O) groups is 1. The van der Waals surface area contributed by atoms with E-state index in [-0.39, 0.29) is 29.9 Å². The maximum absolute atomic E-state index is 14.1. The van der Waals surface area contributed by atoms with Gasteiger partial charge in [-0.3, -0.25) is 9.69 Å². The van der Waals surface area contributed by atoms with Crippen LogP contribution in [0.1, 0.15) is 57.3 Å². The summed E-state index contributed by atoms with van der Waals surface area (Å²) in [6.45, 7) is 4.12. The number of rotatable bonds is 5. The fourth-order valence-corrected chi connectivity index (χ4v) is 5.93. The van der Waals surface area contributed by atoms with Crippen LogP contribution in [0.4, 0.5) is 19.0 Å². The minimum absolute atomic E-state index is 0.0300. The highest BCUT2D eigenvalue weighted by Crippen LogP contribution is 2.43. The number of amides is 1. The number of halogens is 3. The molecule has 2 atom stereocenters. The second-order valence-electron chi connectivity index (χ2n) is 10.8. The van der Waals surface area contributed by atoms with Gasteiger partial charge in [0.15, 0.2) is 11.7 Å². The van der Waals surface area contributed by atoms with Crippen molar-refractivity contribution in [2.45, 2.75) is 37.6 Å². The van der Waals surface area contributed by atoms with Gasteiger partial charge in [0.05, 0.1) is 12.1 Å². The smallest absolute Gasteiger partial charge is 0.363 e. The Morgan fingerprint density at radius 3 is 2.02 bits per heavy atom. The number of anilines is 1. The van der Waals surface area contributed by atoms with Crippen molar-refractivity contribution in [3.8, 4) is 0 Å². The van der Waals surface area contributed by atoms with Gasteiger partial charge in [0.1, 0.15) is 5.82 Å². The first-order valence-corrected chi connectivity index (χ1v) is 13.9. The number of hydrogen-bond donors (Lipinski definition) is 1. The zero-order chi connectivity index (χ0) is 28.6. The molecule has 0 spiro atoms. The highest BCUT2D eigenvalue weighted by atomic mass is 19.4. The number of fused-ring (bicyclic) bond motifs is 1.